The van der Waals surface area contributed by atoms with Gasteiger partial charge in [0.25, 0.3) is 0 Å². The van der Waals surface area contributed by atoms with E-state index in [1.807, 2.05) is 6.08 Å². The van der Waals surface area contributed by atoms with Gasteiger partial charge in [0.2, 0.25) is 0 Å². The van der Waals surface area contributed by atoms with Crippen LogP contribution >= 0.6 is 0 Å². The Kier molecular flexibility index (Phi) is 1.68. The quantitative estimate of drug-likeness (QED) is 0.471. The molecule has 2 N–H and O–H groups in total. The predicted octanol–water partition coefficient (Wildman–Crippen LogP) is 0.514. The second-order valence-electron chi connectivity index (χ2n) is 1.97. The average Bonchev–Trinajstić information content (AvgIpc) is 1.90. The molecule has 0 spiro atoms. The second kappa shape index (κ2) is 2.49. The molecule has 9 heavy (non-hydrogen) atoms. The minimum absolute atomic E-state index is 0.529. The lowest BCUT2D eigenvalue weighted by Crippen LogP contribution is -1.99. The minimum Gasteiger partial charge on any atom is -0.561 e. The summed E-state index contributed by atoms with van der Waals surface area (Å²) in [6.45, 7) is 0. The van der Waals surface area contributed by atoms with Gasteiger partial charge >= 0.3 is 5.97 Å². The first kappa shape index (κ1) is 6.08. The van der Waals surface area contributed by atoms with Crippen LogP contribution in [0, 0.1) is 0 Å². The molecule has 0 atom stereocenters. The van der Waals surface area contributed by atoms with Crippen molar-refractivity contribution in [2.75, 3.05) is 0 Å². The highest BCUT2D eigenvalue weighted by Gasteiger charge is 2.12. The Morgan fingerprint density at radius 3 is 2.67 bits per heavy atom. The van der Waals surface area contributed by atoms with Crippen molar-refractivity contribution in [3.63, 3.8) is 0 Å². The van der Waals surface area contributed by atoms with Crippen molar-refractivity contribution in [1.82, 2.24) is 0 Å². The molecule has 0 amide bonds. The van der Waals surface area contributed by atoms with E-state index in [2.05, 4.69) is 0 Å². The summed E-state index contributed by atoms with van der Waals surface area (Å²) in [4.78, 5) is 10.3. The van der Waals surface area contributed by atoms with Crippen LogP contribution in [-0.2, 0) is 4.79 Å². The zero-order valence-corrected chi connectivity index (χ0v) is 5.05. The van der Waals surface area contributed by atoms with Crippen molar-refractivity contribution in [2.45, 2.75) is 12.8 Å². The zero-order valence-electron chi connectivity index (χ0n) is 5.05. The molecule has 0 aliphatic heterocycles. The SMILES string of the molecule is O=C([OH2+])C1=CCCC=C1. The van der Waals surface area contributed by atoms with Gasteiger partial charge in [0.1, 0.15) is 5.57 Å². The molecular weight excluding hydrogens is 116 g/mol. The van der Waals surface area contributed by atoms with Crippen LogP contribution < -0.4 is 0 Å². The van der Waals surface area contributed by atoms with E-state index in [9.17, 15) is 4.79 Å². The van der Waals surface area contributed by atoms with Crippen LogP contribution in [0.5, 0.6) is 0 Å². The number of rotatable bonds is 1. The molecule has 0 bridgehead atoms. The molecule has 2 nitrogen and oxygen atoms in total. The van der Waals surface area contributed by atoms with E-state index in [4.69, 9.17) is 5.11 Å². The summed E-state index contributed by atoms with van der Waals surface area (Å²) in [5.74, 6) is -0.578. The largest absolute Gasteiger partial charge is 0.561 e. The highest BCUT2D eigenvalue weighted by molar-refractivity contribution is 5.89. The third-order valence-electron chi connectivity index (χ3n) is 1.26. The first-order chi connectivity index (χ1) is 4.30. The highest BCUT2D eigenvalue weighted by Crippen LogP contribution is 2.08. The van der Waals surface area contributed by atoms with Crippen molar-refractivity contribution >= 4 is 5.97 Å². The molecular formula is C7H9O2+. The van der Waals surface area contributed by atoms with Gasteiger partial charge in [0, 0.05) is 4.79 Å². The maximum absolute atomic E-state index is 10.3. The first-order valence-electron chi connectivity index (χ1n) is 2.93. The molecule has 1 aliphatic rings. The number of hydrogen-bond acceptors (Lipinski definition) is 1. The standard InChI is InChI=1S/C7H8O2/c8-7(9)6-4-2-1-3-5-6/h2,4-5H,1,3H2,(H,8,9)/p+1. The lowest BCUT2D eigenvalue weighted by molar-refractivity contribution is -0.132. The van der Waals surface area contributed by atoms with Crippen LogP contribution in [0.15, 0.2) is 23.8 Å². The van der Waals surface area contributed by atoms with E-state index in [0.29, 0.717) is 5.57 Å². The Bertz CT molecular complexity index is 177. The molecule has 0 saturated carbocycles. The molecule has 1 aliphatic carbocycles. The van der Waals surface area contributed by atoms with Crippen molar-refractivity contribution in [1.29, 1.82) is 0 Å². The summed E-state index contributed by atoms with van der Waals surface area (Å²) in [5.41, 5.74) is 0.529. The summed E-state index contributed by atoms with van der Waals surface area (Å²) >= 11 is 0. The zero-order chi connectivity index (χ0) is 6.69. The van der Waals surface area contributed by atoms with E-state index < -0.39 is 5.97 Å². The van der Waals surface area contributed by atoms with Crippen molar-refractivity contribution < 1.29 is 9.90 Å². The van der Waals surface area contributed by atoms with Crippen LogP contribution in [0.25, 0.3) is 0 Å². The van der Waals surface area contributed by atoms with Gasteiger partial charge in [-0.2, -0.15) is 0 Å². The Balaban J connectivity index is 2.69. The van der Waals surface area contributed by atoms with E-state index in [1.54, 1.807) is 12.2 Å². The van der Waals surface area contributed by atoms with Gasteiger partial charge in [-0.15, -0.1) is 0 Å². The monoisotopic (exact) mass is 125 g/mol. The molecule has 48 valence electrons. The smallest absolute Gasteiger partial charge is 0.548 e. The molecule has 0 aromatic carbocycles. The van der Waals surface area contributed by atoms with Gasteiger partial charge in [-0.1, -0.05) is 12.2 Å². The molecule has 0 aromatic heterocycles. The fourth-order valence-corrected chi connectivity index (χ4v) is 0.782. The Morgan fingerprint density at radius 1 is 1.56 bits per heavy atom. The van der Waals surface area contributed by atoms with E-state index in [-0.39, 0.29) is 0 Å². The fourth-order valence-electron chi connectivity index (χ4n) is 0.782. The maximum Gasteiger partial charge on any atom is 0.548 e. The summed E-state index contributed by atoms with van der Waals surface area (Å²) in [7, 11) is 0. The van der Waals surface area contributed by atoms with E-state index in [1.165, 1.54) is 0 Å². The van der Waals surface area contributed by atoms with Crippen molar-refractivity contribution in [2.24, 2.45) is 0 Å². The third-order valence-corrected chi connectivity index (χ3v) is 1.26. The summed E-state index contributed by atoms with van der Waals surface area (Å²) in [6.07, 6.45) is 7.32. The molecule has 0 heterocycles. The Hall–Kier alpha value is -1.05. The van der Waals surface area contributed by atoms with Crippen molar-refractivity contribution in [3.05, 3.63) is 23.8 Å². The lowest BCUT2D eigenvalue weighted by Gasteiger charge is -1.95. The Morgan fingerprint density at radius 2 is 2.33 bits per heavy atom. The van der Waals surface area contributed by atoms with Crippen molar-refractivity contribution in [3.8, 4) is 0 Å². The average molecular weight is 125 g/mol. The number of hydrogen-bond donors (Lipinski definition) is 0. The van der Waals surface area contributed by atoms with E-state index >= 15 is 0 Å². The number of allylic oxidation sites excluding steroid dienone is 2. The lowest BCUT2D eigenvalue weighted by atomic mass is 10.1. The second-order valence-corrected chi connectivity index (χ2v) is 1.97. The van der Waals surface area contributed by atoms with Gasteiger partial charge in [-0.05, 0) is 18.9 Å². The van der Waals surface area contributed by atoms with Crippen LogP contribution in [-0.4, -0.2) is 11.1 Å². The normalized spacial score (nSPS) is 17.1. The highest BCUT2D eigenvalue weighted by atomic mass is 16.4. The predicted molar refractivity (Wildman–Crippen MR) is 35.1 cm³/mol. The maximum atomic E-state index is 10.3. The van der Waals surface area contributed by atoms with E-state index in [0.717, 1.165) is 12.8 Å². The van der Waals surface area contributed by atoms with Crippen LogP contribution in [0.1, 0.15) is 12.8 Å². The molecule has 0 saturated heterocycles. The molecule has 0 unspecified atom stereocenters. The molecule has 2 heteroatoms. The number of carbonyl (C=O) groups is 1. The molecule has 0 fully saturated rings. The third kappa shape index (κ3) is 1.42. The summed E-state index contributed by atoms with van der Waals surface area (Å²) in [6, 6.07) is 0. The first-order valence-corrected chi connectivity index (χ1v) is 2.93. The van der Waals surface area contributed by atoms with Gasteiger partial charge in [-0.3, -0.25) is 0 Å². The molecule has 0 radical (unpaired) electrons. The Labute approximate surface area is 53.5 Å². The summed E-state index contributed by atoms with van der Waals surface area (Å²) < 4.78 is 0. The minimum atomic E-state index is -0.578. The summed E-state index contributed by atoms with van der Waals surface area (Å²) in [5, 5.41) is 6.71. The van der Waals surface area contributed by atoms with Crippen LogP contribution in [0.3, 0.4) is 0 Å². The van der Waals surface area contributed by atoms with Gasteiger partial charge in [0.15, 0.2) is 0 Å². The number of carbonyl (C=O) groups excluding carboxylic acids is 1. The van der Waals surface area contributed by atoms with Crippen LogP contribution in [0.4, 0.5) is 0 Å². The van der Waals surface area contributed by atoms with Gasteiger partial charge in [-0.25, -0.2) is 0 Å². The fraction of sp³-hybridized carbons (Fsp3) is 0.286. The van der Waals surface area contributed by atoms with Gasteiger partial charge in [0.05, 0.1) is 0 Å². The van der Waals surface area contributed by atoms with Crippen LogP contribution in [0.2, 0.25) is 0 Å². The topological polar surface area (TPSA) is 40.0 Å². The van der Waals surface area contributed by atoms with Gasteiger partial charge < -0.3 is 5.11 Å². The molecule has 1 rings (SSSR count). The molecule has 0 aromatic rings.